The van der Waals surface area contributed by atoms with Crippen molar-refractivity contribution in [1.29, 1.82) is 10.8 Å². The number of likely N-dealkylation sites (N-methyl/N-ethyl adjacent to an activating group) is 1. The summed E-state index contributed by atoms with van der Waals surface area (Å²) >= 11 is 6.21. The third-order valence-corrected chi connectivity index (χ3v) is 4.57. The van der Waals surface area contributed by atoms with Crippen LogP contribution in [0.15, 0.2) is 6.07 Å². The lowest BCUT2D eigenvalue weighted by Gasteiger charge is -2.33. The number of aromatic nitrogens is 3. The van der Waals surface area contributed by atoms with Gasteiger partial charge in [0, 0.05) is 26.2 Å². The minimum atomic E-state index is 0.211. The average Bonchev–Trinajstić information content (AvgIpc) is 2.55. The zero-order chi connectivity index (χ0) is 16.6. The number of nitrogens with one attached hydrogen (secondary N) is 2. The summed E-state index contributed by atoms with van der Waals surface area (Å²) in [5.41, 5.74) is 2.22. The second kappa shape index (κ2) is 6.25. The van der Waals surface area contributed by atoms with Crippen LogP contribution in [-0.2, 0) is 6.42 Å². The maximum Gasteiger partial charge on any atom is 0.180 e. The Kier molecular flexibility index (Phi) is 4.32. The number of halogens is 1. The highest BCUT2D eigenvalue weighted by molar-refractivity contribution is 6.30. The number of fused-ring (bicyclic) bond motifs is 1. The van der Waals surface area contributed by atoms with Crippen LogP contribution in [0.25, 0.3) is 11.2 Å². The minimum absolute atomic E-state index is 0.211. The molecule has 8 heteroatoms. The van der Waals surface area contributed by atoms with E-state index in [0.717, 1.165) is 44.5 Å². The SMILES string of the molecule is CCc1cc2c(nc1Cl)nc(N1CCN(C)CC1)c(=N)n2C=N. The van der Waals surface area contributed by atoms with Crippen LogP contribution in [0.4, 0.5) is 5.82 Å². The first kappa shape index (κ1) is 15.9. The number of anilines is 1. The molecule has 1 aliphatic rings. The Morgan fingerprint density at radius 3 is 2.57 bits per heavy atom. The molecule has 2 aromatic rings. The van der Waals surface area contributed by atoms with E-state index >= 15 is 0 Å². The highest BCUT2D eigenvalue weighted by Crippen LogP contribution is 2.20. The van der Waals surface area contributed by atoms with Crippen molar-refractivity contribution in [3.63, 3.8) is 0 Å². The molecule has 3 rings (SSSR count). The average molecular weight is 334 g/mol. The van der Waals surface area contributed by atoms with Gasteiger partial charge in [0.1, 0.15) is 5.15 Å². The second-order valence-electron chi connectivity index (χ2n) is 5.71. The van der Waals surface area contributed by atoms with Gasteiger partial charge in [-0.15, -0.1) is 0 Å². The van der Waals surface area contributed by atoms with Crippen LogP contribution in [0, 0.1) is 10.8 Å². The molecule has 0 aliphatic carbocycles. The fourth-order valence-corrected chi connectivity index (χ4v) is 3.04. The second-order valence-corrected chi connectivity index (χ2v) is 6.07. The molecule has 7 nitrogen and oxygen atoms in total. The molecule has 0 aromatic carbocycles. The molecular formula is C15H20ClN7. The van der Waals surface area contributed by atoms with E-state index in [4.69, 9.17) is 22.4 Å². The van der Waals surface area contributed by atoms with Gasteiger partial charge in [-0.05, 0) is 25.1 Å². The van der Waals surface area contributed by atoms with Crippen LogP contribution in [0.3, 0.4) is 0 Å². The number of nitrogens with zero attached hydrogens (tertiary/aromatic N) is 5. The van der Waals surface area contributed by atoms with E-state index in [-0.39, 0.29) is 5.49 Å². The van der Waals surface area contributed by atoms with E-state index in [2.05, 4.69) is 26.8 Å². The van der Waals surface area contributed by atoms with Crippen molar-refractivity contribution in [2.45, 2.75) is 13.3 Å². The van der Waals surface area contributed by atoms with Gasteiger partial charge in [-0.25, -0.2) is 9.97 Å². The van der Waals surface area contributed by atoms with Gasteiger partial charge in [-0.3, -0.25) is 15.4 Å². The number of pyridine rings is 1. The van der Waals surface area contributed by atoms with Crippen molar-refractivity contribution in [3.8, 4) is 0 Å². The van der Waals surface area contributed by atoms with Gasteiger partial charge < -0.3 is 9.80 Å². The van der Waals surface area contributed by atoms with E-state index in [1.165, 1.54) is 4.57 Å². The molecule has 23 heavy (non-hydrogen) atoms. The summed E-state index contributed by atoms with van der Waals surface area (Å²) in [6, 6.07) is 1.87. The summed E-state index contributed by atoms with van der Waals surface area (Å²) in [6.07, 6.45) is 1.88. The fourth-order valence-electron chi connectivity index (χ4n) is 2.77. The van der Waals surface area contributed by atoms with E-state index in [1.54, 1.807) is 0 Å². The van der Waals surface area contributed by atoms with Crippen molar-refractivity contribution >= 4 is 34.9 Å². The Morgan fingerprint density at radius 1 is 1.26 bits per heavy atom. The topological polar surface area (TPSA) is 84.9 Å². The number of hydrogen-bond acceptors (Lipinski definition) is 6. The normalized spacial score (nSPS) is 16.0. The Balaban J connectivity index is 2.19. The minimum Gasteiger partial charge on any atom is -0.351 e. The van der Waals surface area contributed by atoms with Crippen molar-refractivity contribution in [2.75, 3.05) is 38.1 Å². The van der Waals surface area contributed by atoms with Gasteiger partial charge in [-0.1, -0.05) is 18.5 Å². The molecule has 0 amide bonds. The summed E-state index contributed by atoms with van der Waals surface area (Å²) in [5.74, 6) is 0.557. The van der Waals surface area contributed by atoms with E-state index in [1.807, 2.05) is 13.0 Å². The maximum absolute atomic E-state index is 8.43. The molecule has 3 heterocycles. The van der Waals surface area contributed by atoms with Gasteiger partial charge in [0.15, 0.2) is 17.0 Å². The number of piperazine rings is 1. The van der Waals surface area contributed by atoms with E-state index < -0.39 is 0 Å². The molecule has 2 aromatic heterocycles. The van der Waals surface area contributed by atoms with Crippen LogP contribution < -0.4 is 10.4 Å². The molecular weight excluding hydrogens is 314 g/mol. The molecule has 1 saturated heterocycles. The first-order valence-electron chi connectivity index (χ1n) is 7.65. The van der Waals surface area contributed by atoms with Gasteiger partial charge >= 0.3 is 0 Å². The largest absolute Gasteiger partial charge is 0.351 e. The molecule has 0 bridgehead atoms. The van der Waals surface area contributed by atoms with Crippen LogP contribution in [0.2, 0.25) is 5.15 Å². The monoisotopic (exact) mass is 333 g/mol. The molecule has 122 valence electrons. The maximum atomic E-state index is 8.43. The Bertz CT molecular complexity index is 806. The number of rotatable bonds is 3. The lowest BCUT2D eigenvalue weighted by Crippen LogP contribution is -2.47. The third kappa shape index (κ3) is 2.82. The van der Waals surface area contributed by atoms with Crippen LogP contribution in [0.5, 0.6) is 0 Å². The predicted octanol–water partition coefficient (Wildman–Crippen LogP) is 1.33. The smallest absolute Gasteiger partial charge is 0.180 e. The highest BCUT2D eigenvalue weighted by atomic mass is 35.5. The lowest BCUT2D eigenvalue weighted by atomic mass is 10.2. The standard InChI is InChI=1S/C15H20ClN7/c1-3-10-8-11-14(19-12(10)16)20-15(13(18)23(11)9-17)22-6-4-21(2)5-7-22/h8-9,17-18H,3-7H2,1-2H3. The van der Waals surface area contributed by atoms with Crippen molar-refractivity contribution in [3.05, 3.63) is 22.3 Å². The quantitative estimate of drug-likeness (QED) is 0.504. The first-order valence-corrected chi connectivity index (χ1v) is 8.03. The summed E-state index contributed by atoms with van der Waals surface area (Å²) in [6.45, 7) is 5.45. The first-order chi connectivity index (χ1) is 11.0. The van der Waals surface area contributed by atoms with Crippen molar-refractivity contribution < 1.29 is 0 Å². The molecule has 0 radical (unpaired) electrons. The Labute approximate surface area is 139 Å². The van der Waals surface area contributed by atoms with Gasteiger partial charge in [0.05, 0.1) is 11.9 Å². The Hall–Kier alpha value is -1.99. The van der Waals surface area contributed by atoms with Crippen molar-refractivity contribution in [2.24, 2.45) is 0 Å². The summed E-state index contributed by atoms with van der Waals surface area (Å²) in [7, 11) is 2.08. The lowest BCUT2D eigenvalue weighted by molar-refractivity contribution is 0.311. The van der Waals surface area contributed by atoms with Gasteiger partial charge in [0.25, 0.3) is 0 Å². The zero-order valence-electron chi connectivity index (χ0n) is 13.3. The summed E-state index contributed by atoms with van der Waals surface area (Å²) < 4.78 is 1.51. The Morgan fingerprint density at radius 2 is 1.96 bits per heavy atom. The molecule has 0 spiro atoms. The van der Waals surface area contributed by atoms with Crippen LogP contribution >= 0.6 is 11.6 Å². The van der Waals surface area contributed by atoms with Crippen LogP contribution in [0.1, 0.15) is 12.5 Å². The van der Waals surface area contributed by atoms with E-state index in [0.29, 0.717) is 22.1 Å². The summed E-state index contributed by atoms with van der Waals surface area (Å²) in [5, 5.41) is 16.6. The van der Waals surface area contributed by atoms with Crippen LogP contribution in [-0.4, -0.2) is 59.0 Å². The fraction of sp³-hybridized carbons (Fsp3) is 0.467. The molecule has 0 saturated carbocycles. The molecule has 2 N–H and O–H groups in total. The van der Waals surface area contributed by atoms with Gasteiger partial charge in [-0.2, -0.15) is 0 Å². The highest BCUT2D eigenvalue weighted by Gasteiger charge is 2.20. The summed E-state index contributed by atoms with van der Waals surface area (Å²) in [4.78, 5) is 13.3. The molecule has 1 aliphatic heterocycles. The predicted molar refractivity (Wildman–Crippen MR) is 91.7 cm³/mol. The molecule has 0 unspecified atom stereocenters. The number of hydrogen-bond donors (Lipinski definition) is 2. The number of aryl methyl sites for hydroxylation is 1. The third-order valence-electron chi connectivity index (χ3n) is 4.25. The molecule has 0 atom stereocenters. The van der Waals surface area contributed by atoms with Gasteiger partial charge in [0.2, 0.25) is 0 Å². The molecule has 1 fully saturated rings. The zero-order valence-corrected chi connectivity index (χ0v) is 14.1. The van der Waals surface area contributed by atoms with E-state index in [9.17, 15) is 0 Å². The van der Waals surface area contributed by atoms with Crippen molar-refractivity contribution in [1.82, 2.24) is 19.4 Å².